The number of amides is 3. The first-order valence-electron chi connectivity index (χ1n) is 11.0. The van der Waals surface area contributed by atoms with Crippen LogP contribution in [0.2, 0.25) is 0 Å². The second-order valence-electron chi connectivity index (χ2n) is 9.22. The molecule has 3 amide bonds. The van der Waals surface area contributed by atoms with Crippen molar-refractivity contribution in [3.8, 4) is 6.07 Å². The number of carbonyl (C=O) groups excluding carboxylic acids is 4. The lowest BCUT2D eigenvalue weighted by atomic mass is 9.84. The van der Waals surface area contributed by atoms with Crippen LogP contribution in [0.25, 0.3) is 0 Å². The first-order valence-corrected chi connectivity index (χ1v) is 11.0. The third-order valence-corrected chi connectivity index (χ3v) is 6.40. The maximum absolute atomic E-state index is 13.4. The maximum Gasteiger partial charge on any atom is 0.471 e. The lowest BCUT2D eigenvalue weighted by Gasteiger charge is -2.27. The van der Waals surface area contributed by atoms with E-state index in [1.807, 2.05) is 0 Å². The Kier molecular flexibility index (Phi) is 8.78. The number of Topliss-reactive ketones (excluding diaryl/α,β-unsaturated/α-hetero) is 1. The van der Waals surface area contributed by atoms with Crippen molar-refractivity contribution in [3.63, 3.8) is 0 Å². The van der Waals surface area contributed by atoms with Crippen LogP contribution < -0.4 is 16.0 Å². The van der Waals surface area contributed by atoms with Gasteiger partial charge in [-0.05, 0) is 31.6 Å². The summed E-state index contributed by atoms with van der Waals surface area (Å²) < 4.78 is 78.5. The molecule has 0 spiro atoms. The van der Waals surface area contributed by atoms with E-state index >= 15 is 0 Å². The Labute approximate surface area is 197 Å². The van der Waals surface area contributed by atoms with Crippen molar-refractivity contribution in [3.05, 3.63) is 0 Å². The van der Waals surface area contributed by atoms with Crippen LogP contribution in [0.4, 0.5) is 26.3 Å². The van der Waals surface area contributed by atoms with Gasteiger partial charge in [-0.1, -0.05) is 13.8 Å². The number of ketones is 1. The number of hydrogen-bond donors (Lipinski definition) is 3. The second kappa shape index (κ2) is 10.8. The summed E-state index contributed by atoms with van der Waals surface area (Å²) in [6.07, 6.45) is -11.4. The number of hydrogen-bond acceptors (Lipinski definition) is 5. The smallest absolute Gasteiger partial charge is 0.356 e. The Balaban J connectivity index is 2.24. The van der Waals surface area contributed by atoms with Crippen LogP contribution in [-0.2, 0) is 19.2 Å². The summed E-state index contributed by atoms with van der Waals surface area (Å²) in [5, 5.41) is 15.7. The lowest BCUT2D eigenvalue weighted by Crippen LogP contribution is -2.52. The fourth-order valence-corrected chi connectivity index (χ4v) is 4.51. The van der Waals surface area contributed by atoms with Gasteiger partial charge in [-0.3, -0.25) is 19.2 Å². The Hall–Kier alpha value is -2.85. The molecule has 14 heteroatoms. The van der Waals surface area contributed by atoms with E-state index in [0.717, 1.165) is 0 Å². The summed E-state index contributed by atoms with van der Waals surface area (Å²) in [4.78, 5) is 49.1. The van der Waals surface area contributed by atoms with Crippen LogP contribution in [0.15, 0.2) is 0 Å². The van der Waals surface area contributed by atoms with E-state index in [4.69, 9.17) is 0 Å². The van der Waals surface area contributed by atoms with Gasteiger partial charge in [-0.25, -0.2) is 0 Å². The third-order valence-electron chi connectivity index (χ3n) is 6.40. The van der Waals surface area contributed by atoms with E-state index < -0.39 is 84.5 Å². The van der Waals surface area contributed by atoms with E-state index in [-0.39, 0.29) is 12.3 Å². The monoisotopic (exact) mass is 512 g/mol. The number of halogens is 6. The molecule has 1 unspecified atom stereocenters. The number of alkyl halides is 6. The van der Waals surface area contributed by atoms with Crippen molar-refractivity contribution >= 4 is 23.5 Å². The number of nitriles is 1. The van der Waals surface area contributed by atoms with Crippen LogP contribution in [-0.4, -0.2) is 54.5 Å². The van der Waals surface area contributed by atoms with Crippen LogP contribution >= 0.6 is 0 Å². The quantitative estimate of drug-likeness (QED) is 0.429. The van der Waals surface area contributed by atoms with E-state index in [2.05, 4.69) is 10.6 Å². The molecule has 6 atom stereocenters. The normalized spacial score (nSPS) is 26.6. The third kappa shape index (κ3) is 7.08. The van der Waals surface area contributed by atoms with Gasteiger partial charge in [0, 0.05) is 24.3 Å². The molecule has 0 aromatic rings. The summed E-state index contributed by atoms with van der Waals surface area (Å²) in [5.74, 6) is -11.7. The van der Waals surface area contributed by atoms with Gasteiger partial charge in [0.25, 0.3) is 0 Å². The zero-order chi connectivity index (χ0) is 26.7. The summed E-state index contributed by atoms with van der Waals surface area (Å²) in [7, 11) is 0. The Bertz CT molecular complexity index is 883. The van der Waals surface area contributed by atoms with Gasteiger partial charge in [-0.15, -0.1) is 0 Å². The first-order chi connectivity index (χ1) is 16.1. The Morgan fingerprint density at radius 3 is 2.14 bits per heavy atom. The SMILES string of the molecule is CC(C)[C@H](NC(=O)C(F)(F)F)C(=O)C1C[C@H](C(F)(F)F)C[C@H]1C(=O)N[C@H](C#N)C[C@@H]1CCNC1=O. The highest BCUT2D eigenvalue weighted by Gasteiger charge is 2.54. The van der Waals surface area contributed by atoms with Crippen LogP contribution in [0, 0.1) is 40.9 Å². The molecule has 1 heterocycles. The molecule has 1 aliphatic heterocycles. The zero-order valence-electron chi connectivity index (χ0n) is 18.9. The minimum absolute atomic E-state index is 0.0850. The lowest BCUT2D eigenvalue weighted by molar-refractivity contribution is -0.175. The zero-order valence-corrected chi connectivity index (χ0v) is 18.9. The van der Waals surface area contributed by atoms with Gasteiger partial charge in [-0.2, -0.15) is 31.6 Å². The van der Waals surface area contributed by atoms with Crippen molar-refractivity contribution in [2.45, 2.75) is 64.0 Å². The fraction of sp³-hybridized carbons (Fsp3) is 0.762. The molecule has 0 aromatic heterocycles. The first kappa shape index (κ1) is 28.4. The van der Waals surface area contributed by atoms with Gasteiger partial charge in [0.1, 0.15) is 6.04 Å². The molecule has 2 rings (SSSR count). The topological polar surface area (TPSA) is 128 Å². The highest BCUT2D eigenvalue weighted by Crippen LogP contribution is 2.46. The maximum atomic E-state index is 13.4. The van der Waals surface area contributed by atoms with Crippen LogP contribution in [0.3, 0.4) is 0 Å². The average Bonchev–Trinajstić information content (AvgIpc) is 3.36. The Morgan fingerprint density at radius 1 is 1.09 bits per heavy atom. The van der Waals surface area contributed by atoms with Crippen LogP contribution in [0.1, 0.15) is 39.5 Å². The number of nitrogens with one attached hydrogen (secondary N) is 3. The summed E-state index contributed by atoms with van der Waals surface area (Å²) in [5.41, 5.74) is 0. The van der Waals surface area contributed by atoms with Gasteiger partial charge in [0.2, 0.25) is 11.8 Å². The molecule has 35 heavy (non-hydrogen) atoms. The van der Waals surface area contributed by atoms with Gasteiger partial charge in [0.05, 0.1) is 18.0 Å². The van der Waals surface area contributed by atoms with E-state index in [1.165, 1.54) is 19.2 Å². The molecule has 1 saturated carbocycles. The molecule has 1 saturated heterocycles. The van der Waals surface area contributed by atoms with E-state index in [0.29, 0.717) is 13.0 Å². The summed E-state index contributed by atoms with van der Waals surface area (Å²) >= 11 is 0. The molecule has 0 aromatic carbocycles. The standard InChI is InChI=1S/C21H26F6N4O4/c1-9(2)15(31-19(35)21(25,26)27)16(32)13-6-11(20(22,23)24)7-14(13)18(34)30-12(8-28)5-10-3-4-29-17(10)33/h9-15H,3-7H2,1-2H3,(H,29,33)(H,30,34)(H,31,35)/t10-,11-,12-,13?,14+,15-/m0/s1. The molecular formula is C21H26F6N4O4. The fourth-order valence-electron chi connectivity index (χ4n) is 4.51. The molecule has 3 N–H and O–H groups in total. The second-order valence-corrected chi connectivity index (χ2v) is 9.22. The van der Waals surface area contributed by atoms with Gasteiger partial charge in [0.15, 0.2) is 5.78 Å². The molecular weight excluding hydrogens is 486 g/mol. The van der Waals surface area contributed by atoms with Crippen molar-refractivity contribution in [2.24, 2.45) is 29.6 Å². The molecule has 2 aliphatic rings. The number of nitrogens with zero attached hydrogens (tertiary/aromatic N) is 1. The molecule has 0 bridgehead atoms. The number of rotatable bonds is 8. The highest BCUT2D eigenvalue weighted by molar-refractivity contribution is 5.95. The van der Waals surface area contributed by atoms with Crippen molar-refractivity contribution in [1.29, 1.82) is 5.26 Å². The van der Waals surface area contributed by atoms with Gasteiger partial charge >= 0.3 is 18.3 Å². The Morgan fingerprint density at radius 2 is 1.69 bits per heavy atom. The summed E-state index contributed by atoms with van der Waals surface area (Å²) in [6.45, 7) is 2.99. The molecule has 8 nitrogen and oxygen atoms in total. The predicted molar refractivity (Wildman–Crippen MR) is 107 cm³/mol. The summed E-state index contributed by atoms with van der Waals surface area (Å²) in [6, 6.07) is -1.22. The van der Waals surface area contributed by atoms with Crippen molar-refractivity contribution in [2.75, 3.05) is 6.54 Å². The highest BCUT2D eigenvalue weighted by atomic mass is 19.4. The molecule has 0 radical (unpaired) electrons. The van der Waals surface area contributed by atoms with Crippen molar-refractivity contribution < 1.29 is 45.5 Å². The molecule has 1 aliphatic carbocycles. The molecule has 196 valence electrons. The minimum atomic E-state index is -5.32. The van der Waals surface area contributed by atoms with Gasteiger partial charge < -0.3 is 16.0 Å². The average molecular weight is 512 g/mol. The minimum Gasteiger partial charge on any atom is -0.356 e. The molecule has 2 fully saturated rings. The van der Waals surface area contributed by atoms with E-state index in [9.17, 15) is 50.8 Å². The van der Waals surface area contributed by atoms with Crippen LogP contribution in [0.5, 0.6) is 0 Å². The number of carbonyl (C=O) groups is 4. The van der Waals surface area contributed by atoms with E-state index in [1.54, 1.807) is 6.07 Å². The predicted octanol–water partition coefficient (Wildman–Crippen LogP) is 2.00. The van der Waals surface area contributed by atoms with Crippen molar-refractivity contribution in [1.82, 2.24) is 16.0 Å². The largest absolute Gasteiger partial charge is 0.471 e.